The molecule has 4 heteroatoms. The third-order valence-corrected chi connectivity index (χ3v) is 14.9. The summed E-state index contributed by atoms with van der Waals surface area (Å²) in [7, 11) is 0. The highest BCUT2D eigenvalue weighted by molar-refractivity contribution is 6.02. The molecule has 5 aliphatic carbocycles. The van der Waals surface area contributed by atoms with Crippen molar-refractivity contribution in [2.75, 3.05) is 0 Å². The van der Waals surface area contributed by atoms with Crippen LogP contribution in [-0.4, -0.2) is 15.0 Å². The zero-order chi connectivity index (χ0) is 40.2. The number of hydrogen-bond donors (Lipinski definition) is 0. The molecule has 0 atom stereocenters. The summed E-state index contributed by atoms with van der Waals surface area (Å²) in [6.07, 6.45) is 6.91. The van der Waals surface area contributed by atoms with Crippen molar-refractivity contribution in [1.82, 2.24) is 15.0 Å². The van der Waals surface area contributed by atoms with Crippen LogP contribution in [0.3, 0.4) is 0 Å². The van der Waals surface area contributed by atoms with E-state index in [1.54, 1.807) is 23.3 Å². The fourth-order valence-corrected chi connectivity index (χ4v) is 12.6. The number of aromatic nitrogens is 3. The van der Waals surface area contributed by atoms with Gasteiger partial charge in [-0.05, 0) is 164 Å². The average Bonchev–Trinajstić information content (AvgIpc) is 3.60. The summed E-state index contributed by atoms with van der Waals surface area (Å²) in [6, 6.07) is 59.5. The molecule has 1 spiro atoms. The first-order chi connectivity index (χ1) is 30.0. The minimum atomic E-state index is -0.255. The Morgan fingerprint density at radius 2 is 0.951 bits per heavy atom. The van der Waals surface area contributed by atoms with Gasteiger partial charge in [0.15, 0.2) is 17.5 Å². The normalized spacial score (nSPS) is 21.9. The van der Waals surface area contributed by atoms with Crippen molar-refractivity contribution in [3.8, 4) is 67.5 Å². The van der Waals surface area contributed by atoms with Gasteiger partial charge in [0, 0.05) is 22.1 Å². The third kappa shape index (κ3) is 5.44. The first kappa shape index (κ1) is 35.0. The second-order valence-corrected chi connectivity index (χ2v) is 18.2. The maximum atomic E-state index is 13.8. The number of benzene rings is 8. The maximum absolute atomic E-state index is 13.8. The summed E-state index contributed by atoms with van der Waals surface area (Å²) in [6.45, 7) is 0. The van der Waals surface area contributed by atoms with E-state index in [0.717, 1.165) is 45.2 Å². The van der Waals surface area contributed by atoms with Gasteiger partial charge in [-0.15, -0.1) is 0 Å². The number of nitrogens with zero attached hydrogens (tertiary/aromatic N) is 3. The van der Waals surface area contributed by atoms with Gasteiger partial charge < -0.3 is 0 Å². The molecule has 0 radical (unpaired) electrons. The Kier molecular flexibility index (Phi) is 7.67. The van der Waals surface area contributed by atoms with Crippen molar-refractivity contribution < 1.29 is 4.39 Å². The predicted molar refractivity (Wildman–Crippen MR) is 245 cm³/mol. The van der Waals surface area contributed by atoms with Crippen LogP contribution in [0.15, 0.2) is 170 Å². The van der Waals surface area contributed by atoms with Crippen molar-refractivity contribution in [2.45, 2.75) is 37.5 Å². The van der Waals surface area contributed by atoms with Crippen molar-refractivity contribution in [2.24, 2.45) is 23.7 Å². The minimum Gasteiger partial charge on any atom is -0.208 e. The zero-order valence-electron chi connectivity index (χ0n) is 33.7. The molecule has 0 N–H and O–H groups in total. The molecule has 0 unspecified atom stereocenters. The Hall–Kier alpha value is -6.78. The zero-order valence-corrected chi connectivity index (χ0v) is 33.7. The molecule has 3 nitrogen and oxygen atoms in total. The van der Waals surface area contributed by atoms with Gasteiger partial charge in [0.25, 0.3) is 0 Å². The highest BCUT2D eigenvalue weighted by Crippen LogP contribution is 2.70. The molecule has 4 fully saturated rings. The fourth-order valence-electron chi connectivity index (χ4n) is 12.6. The summed E-state index contributed by atoms with van der Waals surface area (Å²) in [5.41, 5.74) is 13.1. The van der Waals surface area contributed by atoms with Gasteiger partial charge in [-0.25, -0.2) is 19.3 Å². The minimum absolute atomic E-state index is 0.0778. The van der Waals surface area contributed by atoms with Gasteiger partial charge in [0.1, 0.15) is 5.82 Å². The molecule has 61 heavy (non-hydrogen) atoms. The lowest BCUT2D eigenvalue weighted by Gasteiger charge is -2.61. The van der Waals surface area contributed by atoms with Gasteiger partial charge >= 0.3 is 0 Å². The highest BCUT2D eigenvalue weighted by Gasteiger charge is 2.62. The van der Waals surface area contributed by atoms with E-state index in [1.165, 1.54) is 82.5 Å². The monoisotopic (exact) mass is 787 g/mol. The fraction of sp³-hybridized carbons (Fsp3) is 0.175. The average molecular weight is 788 g/mol. The van der Waals surface area contributed by atoms with E-state index in [2.05, 4.69) is 97.1 Å². The maximum Gasteiger partial charge on any atom is 0.164 e. The molecule has 9 aromatic rings. The molecule has 5 aliphatic rings. The summed E-state index contributed by atoms with van der Waals surface area (Å²) in [5, 5.41) is 5.43. The second-order valence-electron chi connectivity index (χ2n) is 18.2. The topological polar surface area (TPSA) is 38.7 Å². The molecule has 292 valence electrons. The van der Waals surface area contributed by atoms with E-state index in [4.69, 9.17) is 15.0 Å². The van der Waals surface area contributed by atoms with Gasteiger partial charge in [-0.1, -0.05) is 127 Å². The first-order valence-electron chi connectivity index (χ1n) is 21.9. The molecule has 14 rings (SSSR count). The third-order valence-electron chi connectivity index (χ3n) is 14.9. The summed E-state index contributed by atoms with van der Waals surface area (Å²) < 4.78 is 13.8. The molecule has 1 heterocycles. The Labute approximate surface area is 355 Å². The van der Waals surface area contributed by atoms with Crippen molar-refractivity contribution in [1.29, 1.82) is 0 Å². The van der Waals surface area contributed by atoms with Gasteiger partial charge in [-0.3, -0.25) is 0 Å². The van der Waals surface area contributed by atoms with Crippen molar-refractivity contribution in [3.63, 3.8) is 0 Å². The van der Waals surface area contributed by atoms with Crippen LogP contribution in [0.1, 0.15) is 43.2 Å². The van der Waals surface area contributed by atoms with Crippen LogP contribution >= 0.6 is 0 Å². The van der Waals surface area contributed by atoms with Crippen LogP contribution in [0.5, 0.6) is 0 Å². The number of fused-ring (bicyclic) bond motifs is 6. The van der Waals surface area contributed by atoms with Crippen LogP contribution in [0, 0.1) is 29.5 Å². The van der Waals surface area contributed by atoms with E-state index in [1.807, 2.05) is 48.5 Å². The standard InChI is InChI=1S/C57H42FN3/c58-48-21-18-36(19-22-48)39-11-6-13-43(29-39)55-59-54(38-9-2-1-3-10-38)60-56(61-55)44-14-7-12-40(30-44)41-16-17-42-32-51-50-23-20-37-8-4-5-15-49(37)53(50)57(52(51)33-45(42)31-41)46-25-34-24-35(27-46)28-47(57)26-34/h1-23,29-35,46-47H,24-28H2. The molecule has 4 saturated carbocycles. The smallest absolute Gasteiger partial charge is 0.164 e. The van der Waals surface area contributed by atoms with Crippen LogP contribution in [-0.2, 0) is 5.41 Å². The van der Waals surface area contributed by atoms with Crippen molar-refractivity contribution >= 4 is 21.5 Å². The van der Waals surface area contributed by atoms with Crippen LogP contribution in [0.25, 0.3) is 89.1 Å². The summed E-state index contributed by atoms with van der Waals surface area (Å²) in [4.78, 5) is 15.2. The molecule has 0 aliphatic heterocycles. The molecule has 1 aromatic heterocycles. The Morgan fingerprint density at radius 1 is 0.393 bits per heavy atom. The molecular weight excluding hydrogens is 746 g/mol. The largest absolute Gasteiger partial charge is 0.208 e. The molecular formula is C57H42FN3. The number of hydrogen-bond acceptors (Lipinski definition) is 3. The lowest BCUT2D eigenvalue weighted by atomic mass is 9.43. The molecule has 0 amide bonds. The Balaban J connectivity index is 0.927. The van der Waals surface area contributed by atoms with E-state index < -0.39 is 0 Å². The van der Waals surface area contributed by atoms with Gasteiger partial charge in [0.05, 0.1) is 0 Å². The molecule has 0 saturated heterocycles. The van der Waals surface area contributed by atoms with E-state index >= 15 is 0 Å². The SMILES string of the molecule is Fc1ccc(-c2cccc(-c3nc(-c4ccccc4)nc(-c4cccc(-c5ccc6cc7c(cc6c5)C5(c6c-7ccc7ccccc67)C6CC7CC(C6)CC5C7)c4)n3)c2)cc1. The lowest BCUT2D eigenvalue weighted by molar-refractivity contribution is -0.0393. The lowest BCUT2D eigenvalue weighted by Crippen LogP contribution is -2.55. The predicted octanol–water partition coefficient (Wildman–Crippen LogP) is 14.4. The van der Waals surface area contributed by atoms with Crippen molar-refractivity contribution in [3.05, 3.63) is 187 Å². The van der Waals surface area contributed by atoms with Gasteiger partial charge in [-0.2, -0.15) is 0 Å². The summed E-state index contributed by atoms with van der Waals surface area (Å²) in [5.74, 6) is 4.75. The quantitative estimate of drug-likeness (QED) is 0.174. The van der Waals surface area contributed by atoms with Gasteiger partial charge in [0.2, 0.25) is 0 Å². The highest BCUT2D eigenvalue weighted by atomic mass is 19.1. The van der Waals surface area contributed by atoms with E-state index in [9.17, 15) is 4.39 Å². The summed E-state index contributed by atoms with van der Waals surface area (Å²) >= 11 is 0. The first-order valence-corrected chi connectivity index (χ1v) is 21.9. The molecule has 4 bridgehead atoms. The second kappa shape index (κ2) is 13.4. The van der Waals surface area contributed by atoms with Crippen LogP contribution in [0.2, 0.25) is 0 Å². The van der Waals surface area contributed by atoms with Crippen LogP contribution in [0.4, 0.5) is 4.39 Å². The van der Waals surface area contributed by atoms with E-state index in [0.29, 0.717) is 29.3 Å². The number of rotatable bonds is 5. The Morgan fingerprint density at radius 3 is 1.66 bits per heavy atom. The number of halogens is 1. The van der Waals surface area contributed by atoms with E-state index in [-0.39, 0.29) is 11.2 Å². The molecule has 8 aromatic carbocycles. The Bertz CT molecular complexity index is 3200. The van der Waals surface area contributed by atoms with Crippen LogP contribution < -0.4 is 0 Å².